The summed E-state index contributed by atoms with van der Waals surface area (Å²) in [6.07, 6.45) is 0.440. The lowest BCUT2D eigenvalue weighted by Crippen LogP contribution is -2.14. The van der Waals surface area contributed by atoms with Gasteiger partial charge in [0, 0.05) is 42.7 Å². The van der Waals surface area contributed by atoms with Crippen LogP contribution in [0.1, 0.15) is 41.4 Å². The maximum absolute atomic E-state index is 12.6. The smallest absolute Gasteiger partial charge is 0.165 e. The van der Waals surface area contributed by atoms with Gasteiger partial charge in [-0.05, 0) is 18.9 Å². The number of hydrogen-bond donors (Lipinski definition) is 2. The van der Waals surface area contributed by atoms with Gasteiger partial charge in [0.15, 0.2) is 12.1 Å². The number of nitriles is 1. The van der Waals surface area contributed by atoms with Crippen LogP contribution in [0.5, 0.6) is 0 Å². The summed E-state index contributed by atoms with van der Waals surface area (Å²) in [6.45, 7) is 3.64. The molecule has 0 fully saturated rings. The molecule has 2 aromatic rings. The molecule has 0 saturated carbocycles. The minimum absolute atomic E-state index is 0.0758. The average molecular weight is 301 g/mol. The van der Waals surface area contributed by atoms with Gasteiger partial charge in [-0.3, -0.25) is 4.79 Å². The summed E-state index contributed by atoms with van der Waals surface area (Å²) in [5, 5.41) is 27.7. The average Bonchev–Trinajstić information content (AvgIpc) is 2.69. The second kappa shape index (κ2) is 6.26. The molecule has 1 unspecified atom stereocenters. The third-order valence-electron chi connectivity index (χ3n) is 3.87. The Labute approximate surface area is 128 Å². The van der Waals surface area contributed by atoms with E-state index in [1.54, 1.807) is 13.0 Å². The molecule has 2 rings (SSSR count). The number of hydrogen-bond acceptors (Lipinski definition) is 5. The maximum Gasteiger partial charge on any atom is 0.165 e. The summed E-state index contributed by atoms with van der Waals surface area (Å²) < 4.78 is 1.83. The molecule has 0 saturated heterocycles. The number of aliphatic hydroxyl groups is 2. The summed E-state index contributed by atoms with van der Waals surface area (Å²) in [5.74, 6) is -0.220. The molecule has 6 heteroatoms. The Morgan fingerprint density at radius 1 is 1.50 bits per heavy atom. The van der Waals surface area contributed by atoms with Gasteiger partial charge in [0.2, 0.25) is 0 Å². The summed E-state index contributed by atoms with van der Waals surface area (Å²) >= 11 is 0. The zero-order valence-corrected chi connectivity index (χ0v) is 12.9. The molecule has 0 aromatic carbocycles. The lowest BCUT2D eigenvalue weighted by atomic mass is 9.95. The van der Waals surface area contributed by atoms with Crippen LogP contribution in [0.3, 0.4) is 0 Å². The summed E-state index contributed by atoms with van der Waals surface area (Å²) in [5.41, 5.74) is 2.42. The van der Waals surface area contributed by atoms with E-state index in [0.717, 1.165) is 5.69 Å². The molecule has 0 aliphatic heterocycles. The molecule has 2 aromatic heterocycles. The van der Waals surface area contributed by atoms with Gasteiger partial charge in [-0.2, -0.15) is 5.26 Å². The molecule has 0 spiro atoms. The molecule has 1 atom stereocenters. The third kappa shape index (κ3) is 3.01. The fourth-order valence-corrected chi connectivity index (χ4v) is 2.71. The van der Waals surface area contributed by atoms with Crippen molar-refractivity contribution >= 4 is 16.8 Å². The van der Waals surface area contributed by atoms with Crippen molar-refractivity contribution in [2.24, 2.45) is 13.0 Å². The summed E-state index contributed by atoms with van der Waals surface area (Å²) in [4.78, 5) is 16.8. The quantitative estimate of drug-likeness (QED) is 0.646. The molecule has 2 heterocycles. The molecule has 2 N–H and O–H groups in total. The van der Waals surface area contributed by atoms with E-state index in [2.05, 4.69) is 4.98 Å². The number of aromatic nitrogens is 2. The molecule has 22 heavy (non-hydrogen) atoms. The minimum atomic E-state index is -1.41. The van der Waals surface area contributed by atoms with Crippen molar-refractivity contribution in [3.8, 4) is 6.07 Å². The fraction of sp³-hybridized carbons (Fsp3) is 0.438. The lowest BCUT2D eigenvalue weighted by Gasteiger charge is -2.11. The van der Waals surface area contributed by atoms with Gasteiger partial charge < -0.3 is 14.8 Å². The van der Waals surface area contributed by atoms with Crippen LogP contribution >= 0.6 is 0 Å². The fourth-order valence-electron chi connectivity index (χ4n) is 2.71. The highest BCUT2D eigenvalue weighted by Crippen LogP contribution is 2.27. The summed E-state index contributed by atoms with van der Waals surface area (Å²) in [7, 11) is 1.83. The van der Waals surface area contributed by atoms with Gasteiger partial charge in [-0.15, -0.1) is 0 Å². The molecule has 0 bridgehead atoms. The molecule has 0 radical (unpaired) electrons. The maximum atomic E-state index is 12.6. The van der Waals surface area contributed by atoms with E-state index in [-0.39, 0.29) is 24.5 Å². The number of nitrogens with zero attached hydrogens (tertiary/aromatic N) is 3. The Bertz CT molecular complexity index is 756. The molecule has 0 aliphatic carbocycles. The number of fused-ring (bicyclic) bond motifs is 1. The standard InChI is InChI=1S/C16H19N3O3/c1-9(5-14(21)22)4-13(20)15-10(2)19(3)16-12(15)6-11(7-17)8-18-16/h6,8-9,14,21-22H,4-5H2,1-3H3. The summed E-state index contributed by atoms with van der Waals surface area (Å²) in [6, 6.07) is 3.71. The Balaban J connectivity index is 2.44. The van der Waals surface area contributed by atoms with Crippen molar-refractivity contribution in [2.75, 3.05) is 0 Å². The van der Waals surface area contributed by atoms with Gasteiger partial charge >= 0.3 is 0 Å². The predicted molar refractivity (Wildman–Crippen MR) is 81.1 cm³/mol. The Hall–Kier alpha value is -2.23. The van der Waals surface area contributed by atoms with E-state index < -0.39 is 6.29 Å². The minimum Gasteiger partial charge on any atom is -0.368 e. The number of rotatable bonds is 5. The van der Waals surface area contributed by atoms with Crippen molar-refractivity contribution in [3.05, 3.63) is 29.1 Å². The number of pyridine rings is 1. The van der Waals surface area contributed by atoms with Crippen LogP contribution in [0.15, 0.2) is 12.3 Å². The third-order valence-corrected chi connectivity index (χ3v) is 3.87. The molecular weight excluding hydrogens is 282 g/mol. The Kier molecular flexibility index (Phi) is 4.59. The van der Waals surface area contributed by atoms with Crippen molar-refractivity contribution in [3.63, 3.8) is 0 Å². The van der Waals surface area contributed by atoms with Crippen LogP contribution in [-0.4, -0.2) is 31.8 Å². The van der Waals surface area contributed by atoms with Crippen molar-refractivity contribution < 1.29 is 15.0 Å². The van der Waals surface area contributed by atoms with E-state index in [4.69, 9.17) is 15.5 Å². The molecule has 6 nitrogen and oxygen atoms in total. The zero-order valence-electron chi connectivity index (χ0n) is 12.9. The first-order valence-corrected chi connectivity index (χ1v) is 7.09. The molecule has 0 aliphatic rings. The number of carbonyl (C=O) groups is 1. The van der Waals surface area contributed by atoms with Gasteiger partial charge in [0.05, 0.1) is 5.56 Å². The van der Waals surface area contributed by atoms with Crippen LogP contribution in [0.4, 0.5) is 0 Å². The van der Waals surface area contributed by atoms with Crippen LogP contribution < -0.4 is 0 Å². The van der Waals surface area contributed by atoms with E-state index in [1.165, 1.54) is 6.20 Å². The van der Waals surface area contributed by atoms with Crippen LogP contribution in [-0.2, 0) is 7.05 Å². The number of Topliss-reactive ketones (excluding diaryl/α,β-unsaturated/α-hetero) is 1. The topological polar surface area (TPSA) is 99.1 Å². The first-order chi connectivity index (χ1) is 10.3. The van der Waals surface area contributed by atoms with E-state index in [0.29, 0.717) is 22.2 Å². The molecule has 0 amide bonds. The zero-order chi connectivity index (χ0) is 16.4. The number of aryl methyl sites for hydroxylation is 1. The van der Waals surface area contributed by atoms with Crippen molar-refractivity contribution in [1.82, 2.24) is 9.55 Å². The van der Waals surface area contributed by atoms with Crippen molar-refractivity contribution in [2.45, 2.75) is 33.0 Å². The van der Waals surface area contributed by atoms with Crippen LogP contribution in [0.25, 0.3) is 11.0 Å². The van der Waals surface area contributed by atoms with Gasteiger partial charge in [0.1, 0.15) is 11.7 Å². The van der Waals surface area contributed by atoms with Crippen molar-refractivity contribution in [1.29, 1.82) is 5.26 Å². The predicted octanol–water partition coefficient (Wildman–Crippen LogP) is 1.66. The number of aliphatic hydroxyl groups excluding tert-OH is 1. The number of carbonyl (C=O) groups excluding carboxylic acids is 1. The Morgan fingerprint density at radius 2 is 2.18 bits per heavy atom. The highest BCUT2D eigenvalue weighted by molar-refractivity contribution is 6.09. The second-order valence-electron chi connectivity index (χ2n) is 5.68. The lowest BCUT2D eigenvalue weighted by molar-refractivity contribution is -0.0543. The highest BCUT2D eigenvalue weighted by atomic mass is 16.5. The molecular formula is C16H19N3O3. The first kappa shape index (κ1) is 16.1. The van der Waals surface area contributed by atoms with Gasteiger partial charge in [0.25, 0.3) is 0 Å². The number of ketones is 1. The molecule has 116 valence electrons. The van der Waals surface area contributed by atoms with Gasteiger partial charge in [-0.1, -0.05) is 6.92 Å². The SMILES string of the molecule is Cc1c(C(=O)CC(C)CC(O)O)c2cc(C#N)cnc2n1C. The highest BCUT2D eigenvalue weighted by Gasteiger charge is 2.22. The van der Waals surface area contributed by atoms with Crippen LogP contribution in [0.2, 0.25) is 0 Å². The normalized spacial score (nSPS) is 12.6. The second-order valence-corrected chi connectivity index (χ2v) is 5.68. The largest absolute Gasteiger partial charge is 0.368 e. The Morgan fingerprint density at radius 3 is 2.77 bits per heavy atom. The van der Waals surface area contributed by atoms with Crippen LogP contribution in [0, 0.1) is 24.2 Å². The van der Waals surface area contributed by atoms with E-state index in [1.807, 2.05) is 24.6 Å². The van der Waals surface area contributed by atoms with Gasteiger partial charge in [-0.25, -0.2) is 4.98 Å². The van der Waals surface area contributed by atoms with E-state index in [9.17, 15) is 4.79 Å². The first-order valence-electron chi connectivity index (χ1n) is 7.09. The van der Waals surface area contributed by atoms with E-state index >= 15 is 0 Å². The monoisotopic (exact) mass is 301 g/mol.